The van der Waals surface area contributed by atoms with Gasteiger partial charge < -0.3 is 20.1 Å². The molecule has 1 amide bonds. The highest BCUT2D eigenvalue weighted by Gasteiger charge is 2.17. The van der Waals surface area contributed by atoms with Gasteiger partial charge in [-0.1, -0.05) is 12.1 Å². The summed E-state index contributed by atoms with van der Waals surface area (Å²) in [6.45, 7) is 2.21. The van der Waals surface area contributed by atoms with Gasteiger partial charge in [0.25, 0.3) is 5.91 Å². The summed E-state index contributed by atoms with van der Waals surface area (Å²) in [5.41, 5.74) is 3.49. The van der Waals surface area contributed by atoms with E-state index in [4.69, 9.17) is 4.74 Å². The first-order chi connectivity index (χ1) is 12.2. The second kappa shape index (κ2) is 8.14. The summed E-state index contributed by atoms with van der Waals surface area (Å²) in [6, 6.07) is 15.3. The van der Waals surface area contributed by atoms with Crippen molar-refractivity contribution in [1.82, 2.24) is 0 Å². The zero-order chi connectivity index (χ0) is 17.6. The summed E-state index contributed by atoms with van der Waals surface area (Å²) in [7, 11) is 1.65. The van der Waals surface area contributed by atoms with Crippen LogP contribution in [-0.4, -0.2) is 37.3 Å². The smallest absolute Gasteiger partial charge is 0.255 e. The molecular weight excluding hydrogens is 316 g/mol. The minimum Gasteiger partial charge on any atom is -0.393 e. The van der Waals surface area contributed by atoms with Crippen molar-refractivity contribution in [2.45, 2.75) is 25.6 Å². The average molecular weight is 340 g/mol. The van der Waals surface area contributed by atoms with Gasteiger partial charge in [-0.2, -0.15) is 0 Å². The van der Waals surface area contributed by atoms with Crippen LogP contribution in [0.25, 0.3) is 0 Å². The van der Waals surface area contributed by atoms with Crippen LogP contribution < -0.4 is 10.2 Å². The van der Waals surface area contributed by atoms with E-state index in [9.17, 15) is 9.90 Å². The van der Waals surface area contributed by atoms with Crippen LogP contribution in [0.1, 0.15) is 28.8 Å². The number of aliphatic hydroxyl groups is 1. The molecule has 0 aromatic heterocycles. The van der Waals surface area contributed by atoms with Crippen molar-refractivity contribution in [3.05, 3.63) is 59.7 Å². The zero-order valence-corrected chi connectivity index (χ0v) is 14.4. The first-order valence-electron chi connectivity index (χ1n) is 8.58. The Balaban J connectivity index is 1.63. The number of carbonyl (C=O) groups is 1. The van der Waals surface area contributed by atoms with E-state index >= 15 is 0 Å². The van der Waals surface area contributed by atoms with Gasteiger partial charge in [0.1, 0.15) is 0 Å². The first-order valence-corrected chi connectivity index (χ1v) is 8.58. The standard InChI is InChI=1S/C20H24N2O3/c1-25-14-15-3-2-4-17(13-15)21-20(24)16-5-7-18(8-6-16)22-11-9-19(23)10-12-22/h2-8,13,19,23H,9-12,14H2,1H3,(H,21,24). The third-order valence-corrected chi connectivity index (χ3v) is 4.45. The van der Waals surface area contributed by atoms with E-state index in [2.05, 4.69) is 10.2 Å². The maximum Gasteiger partial charge on any atom is 0.255 e. The van der Waals surface area contributed by atoms with Crippen molar-refractivity contribution in [2.75, 3.05) is 30.4 Å². The molecule has 0 spiro atoms. The van der Waals surface area contributed by atoms with Crippen LogP contribution in [0.2, 0.25) is 0 Å². The van der Waals surface area contributed by atoms with E-state index in [1.807, 2.05) is 48.5 Å². The van der Waals surface area contributed by atoms with E-state index in [1.54, 1.807) is 7.11 Å². The fraction of sp³-hybridized carbons (Fsp3) is 0.350. The molecule has 1 aliphatic heterocycles. The van der Waals surface area contributed by atoms with Crippen molar-refractivity contribution in [3.8, 4) is 0 Å². The van der Waals surface area contributed by atoms with Gasteiger partial charge in [-0.25, -0.2) is 0 Å². The summed E-state index contributed by atoms with van der Waals surface area (Å²) < 4.78 is 5.12. The van der Waals surface area contributed by atoms with Crippen molar-refractivity contribution in [2.24, 2.45) is 0 Å². The molecule has 2 N–H and O–H groups in total. The number of methoxy groups -OCH3 is 1. The highest BCUT2D eigenvalue weighted by molar-refractivity contribution is 6.04. The van der Waals surface area contributed by atoms with Gasteiger partial charge in [-0.15, -0.1) is 0 Å². The summed E-state index contributed by atoms with van der Waals surface area (Å²) in [5.74, 6) is -0.129. The normalized spacial score (nSPS) is 15.2. The quantitative estimate of drug-likeness (QED) is 0.878. The number of amides is 1. The summed E-state index contributed by atoms with van der Waals surface area (Å²) in [6.07, 6.45) is 1.40. The lowest BCUT2D eigenvalue weighted by molar-refractivity contribution is 0.102. The molecule has 0 radical (unpaired) electrons. The number of hydrogen-bond donors (Lipinski definition) is 2. The summed E-state index contributed by atoms with van der Waals surface area (Å²) in [5, 5.41) is 12.5. The second-order valence-corrected chi connectivity index (χ2v) is 6.35. The topological polar surface area (TPSA) is 61.8 Å². The molecule has 1 aliphatic rings. The SMILES string of the molecule is COCc1cccc(NC(=O)c2ccc(N3CCC(O)CC3)cc2)c1. The number of benzene rings is 2. The highest BCUT2D eigenvalue weighted by Crippen LogP contribution is 2.21. The minimum absolute atomic E-state index is 0.129. The van der Waals surface area contributed by atoms with Crippen LogP contribution in [0.3, 0.4) is 0 Å². The maximum atomic E-state index is 12.4. The average Bonchev–Trinajstić information content (AvgIpc) is 2.63. The summed E-state index contributed by atoms with van der Waals surface area (Å²) in [4.78, 5) is 14.7. The van der Waals surface area contributed by atoms with Crippen LogP contribution in [0.5, 0.6) is 0 Å². The largest absolute Gasteiger partial charge is 0.393 e. The molecule has 0 unspecified atom stereocenters. The number of hydrogen-bond acceptors (Lipinski definition) is 4. The molecule has 2 aromatic rings. The number of ether oxygens (including phenoxy) is 1. The molecule has 1 saturated heterocycles. The van der Waals surface area contributed by atoms with Crippen LogP contribution in [0, 0.1) is 0 Å². The van der Waals surface area contributed by atoms with E-state index in [0.717, 1.165) is 42.9 Å². The number of nitrogens with zero attached hydrogens (tertiary/aromatic N) is 1. The number of carbonyl (C=O) groups excluding carboxylic acids is 1. The van der Waals surface area contributed by atoms with Gasteiger partial charge in [0.05, 0.1) is 12.7 Å². The first kappa shape index (κ1) is 17.5. The molecule has 3 rings (SSSR count). The molecule has 5 heteroatoms. The Morgan fingerprint density at radius 1 is 1.20 bits per heavy atom. The minimum atomic E-state index is -0.185. The highest BCUT2D eigenvalue weighted by atomic mass is 16.5. The molecular formula is C20H24N2O3. The molecule has 25 heavy (non-hydrogen) atoms. The molecule has 2 aromatic carbocycles. The van der Waals surface area contributed by atoms with E-state index in [0.29, 0.717) is 12.2 Å². The molecule has 132 valence electrons. The van der Waals surface area contributed by atoms with Gasteiger partial charge in [-0.05, 0) is 54.8 Å². The third kappa shape index (κ3) is 4.59. The van der Waals surface area contributed by atoms with E-state index in [1.165, 1.54) is 0 Å². The fourth-order valence-electron chi connectivity index (χ4n) is 3.06. The number of aliphatic hydroxyl groups excluding tert-OH is 1. The Morgan fingerprint density at radius 3 is 2.60 bits per heavy atom. The van der Waals surface area contributed by atoms with E-state index < -0.39 is 0 Å². The van der Waals surface area contributed by atoms with Gasteiger partial charge >= 0.3 is 0 Å². The van der Waals surface area contributed by atoms with Gasteiger partial charge in [0.15, 0.2) is 0 Å². The van der Waals surface area contributed by atoms with Gasteiger partial charge in [0, 0.05) is 37.1 Å². The lowest BCUT2D eigenvalue weighted by atomic mass is 10.1. The number of rotatable bonds is 5. The fourth-order valence-corrected chi connectivity index (χ4v) is 3.06. The maximum absolute atomic E-state index is 12.4. The van der Waals surface area contributed by atoms with Crippen molar-refractivity contribution in [3.63, 3.8) is 0 Å². The molecule has 5 nitrogen and oxygen atoms in total. The zero-order valence-electron chi connectivity index (χ0n) is 14.4. The molecule has 0 aliphatic carbocycles. The predicted molar refractivity (Wildman–Crippen MR) is 99.0 cm³/mol. The second-order valence-electron chi connectivity index (χ2n) is 6.35. The molecule has 0 bridgehead atoms. The Morgan fingerprint density at radius 2 is 1.92 bits per heavy atom. The van der Waals surface area contributed by atoms with Gasteiger partial charge in [0.2, 0.25) is 0 Å². The number of nitrogens with one attached hydrogen (secondary N) is 1. The number of piperidine rings is 1. The van der Waals surface area contributed by atoms with Crippen LogP contribution in [-0.2, 0) is 11.3 Å². The Kier molecular flexibility index (Phi) is 5.68. The van der Waals surface area contributed by atoms with Gasteiger partial charge in [-0.3, -0.25) is 4.79 Å². The molecule has 0 atom stereocenters. The molecule has 1 heterocycles. The molecule has 0 saturated carbocycles. The van der Waals surface area contributed by atoms with Crippen LogP contribution in [0.4, 0.5) is 11.4 Å². The van der Waals surface area contributed by atoms with E-state index in [-0.39, 0.29) is 12.0 Å². The Labute approximate surface area is 148 Å². The number of anilines is 2. The monoisotopic (exact) mass is 340 g/mol. The lowest BCUT2D eigenvalue weighted by Crippen LogP contribution is -2.35. The Bertz CT molecular complexity index is 707. The van der Waals surface area contributed by atoms with Crippen molar-refractivity contribution in [1.29, 1.82) is 0 Å². The van der Waals surface area contributed by atoms with Crippen molar-refractivity contribution >= 4 is 17.3 Å². The summed E-state index contributed by atoms with van der Waals surface area (Å²) >= 11 is 0. The lowest BCUT2D eigenvalue weighted by Gasteiger charge is -2.31. The predicted octanol–water partition coefficient (Wildman–Crippen LogP) is 3.05. The van der Waals surface area contributed by atoms with Crippen molar-refractivity contribution < 1.29 is 14.6 Å². The van der Waals surface area contributed by atoms with Crippen LogP contribution >= 0.6 is 0 Å². The third-order valence-electron chi connectivity index (χ3n) is 4.45. The van der Waals surface area contributed by atoms with Crippen LogP contribution in [0.15, 0.2) is 48.5 Å². The molecule has 1 fully saturated rings. The Hall–Kier alpha value is -2.37.